The first-order chi connectivity index (χ1) is 21.6. The van der Waals surface area contributed by atoms with Crippen molar-refractivity contribution in [2.24, 2.45) is 4.99 Å². The van der Waals surface area contributed by atoms with Crippen molar-refractivity contribution in [3.8, 4) is 0 Å². The van der Waals surface area contributed by atoms with E-state index < -0.39 is 0 Å². The Morgan fingerprint density at radius 2 is 1.52 bits per heavy atom. The Morgan fingerprint density at radius 1 is 0.841 bits per heavy atom. The minimum atomic E-state index is -0.376. The number of hydrogen-bond acceptors (Lipinski definition) is 5. The summed E-state index contributed by atoms with van der Waals surface area (Å²) in [5.74, 6) is 0.873. The van der Waals surface area contributed by atoms with E-state index in [4.69, 9.17) is 21.3 Å². The lowest BCUT2D eigenvalue weighted by Crippen LogP contribution is -2.47. The molecule has 0 saturated carbocycles. The van der Waals surface area contributed by atoms with Gasteiger partial charge in [-0.2, -0.15) is 0 Å². The van der Waals surface area contributed by atoms with Crippen LogP contribution in [0.5, 0.6) is 0 Å². The van der Waals surface area contributed by atoms with E-state index in [1.165, 1.54) is 44.9 Å². The second-order valence-corrected chi connectivity index (χ2v) is 12.3. The zero-order chi connectivity index (χ0) is 31.0. The highest BCUT2D eigenvalue weighted by atomic mass is 35.5. The first kappa shape index (κ1) is 33.8. The largest absolute Gasteiger partial charge is 0.449 e. The van der Waals surface area contributed by atoms with Gasteiger partial charge in [-0.3, -0.25) is 0 Å². The molecule has 2 heterocycles. The maximum Gasteiger partial charge on any atom is 0.419 e. The van der Waals surface area contributed by atoms with Crippen LogP contribution in [0, 0.1) is 0 Å². The summed E-state index contributed by atoms with van der Waals surface area (Å²) in [4.78, 5) is 25.0. The molecule has 0 unspecified atom stereocenters. The molecule has 2 aliphatic rings. The summed E-state index contributed by atoms with van der Waals surface area (Å²) in [5, 5.41) is 0.589. The Morgan fingerprint density at radius 3 is 2.27 bits per heavy atom. The molecule has 44 heavy (non-hydrogen) atoms. The fraction of sp³-hybridized carbons (Fsp3) is 0.514. The van der Waals surface area contributed by atoms with Gasteiger partial charge in [0.25, 0.3) is 0 Å². The van der Waals surface area contributed by atoms with Gasteiger partial charge in [-0.1, -0.05) is 93.5 Å². The highest BCUT2D eigenvalue weighted by Gasteiger charge is 2.31. The molecule has 2 aromatic carbocycles. The Balaban J connectivity index is 1.24. The lowest BCUT2D eigenvalue weighted by Gasteiger charge is -2.35. The average molecular weight is 619 g/mol. The number of amidine groups is 1. The number of carbonyl (C=O) groups excluding carboxylic acids is 1. The molecule has 2 aliphatic heterocycles. The number of ether oxygens (including phenoxy) is 1. The van der Waals surface area contributed by atoms with E-state index in [-0.39, 0.29) is 6.09 Å². The van der Waals surface area contributed by atoms with E-state index in [0.29, 0.717) is 23.0 Å². The van der Waals surface area contributed by atoms with Gasteiger partial charge in [0.1, 0.15) is 5.84 Å². The highest BCUT2D eigenvalue weighted by Crippen LogP contribution is 2.41. The van der Waals surface area contributed by atoms with Gasteiger partial charge in [0, 0.05) is 36.8 Å². The average Bonchev–Trinajstić information content (AvgIpc) is 3.17. The number of anilines is 2. The number of fused-ring (bicyclic) bond motifs is 2. The second-order valence-electron chi connectivity index (χ2n) is 11.9. The summed E-state index contributed by atoms with van der Waals surface area (Å²) in [6, 6.07) is 13.5. The summed E-state index contributed by atoms with van der Waals surface area (Å²) in [7, 11) is 2.14. The lowest BCUT2D eigenvalue weighted by molar-refractivity contribution is 0.154. The summed E-state index contributed by atoms with van der Waals surface area (Å²) >= 11 is 6.41. The summed E-state index contributed by atoms with van der Waals surface area (Å²) < 4.78 is 5.86. The molecule has 0 aromatic heterocycles. The number of rotatable bonds is 15. The van der Waals surface area contributed by atoms with E-state index >= 15 is 0 Å². The summed E-state index contributed by atoms with van der Waals surface area (Å²) in [6.07, 6.45) is 23.0. The topological polar surface area (TPSA) is 48.4 Å². The number of aliphatic imine (C=N–C) groups is 1. The number of carbonyl (C=O) groups is 1. The van der Waals surface area contributed by atoms with Gasteiger partial charge >= 0.3 is 6.09 Å². The van der Waals surface area contributed by atoms with Crippen molar-refractivity contribution in [3.63, 3.8) is 0 Å². The number of nitrogens with zero attached hydrogens (tertiary/aromatic N) is 4. The van der Waals surface area contributed by atoms with E-state index in [2.05, 4.69) is 48.1 Å². The van der Waals surface area contributed by atoms with Crippen molar-refractivity contribution < 1.29 is 9.53 Å². The quantitative estimate of drug-likeness (QED) is 0.147. The summed E-state index contributed by atoms with van der Waals surface area (Å²) in [6.45, 7) is 6.32. The zero-order valence-corrected chi connectivity index (χ0v) is 27.6. The number of likely N-dealkylation sites (N-methyl/N-ethyl adjacent to an activating group) is 1. The Hall–Kier alpha value is -3.09. The van der Waals surface area contributed by atoms with Gasteiger partial charge in [-0.05, 0) is 75.9 Å². The van der Waals surface area contributed by atoms with Crippen molar-refractivity contribution in [1.29, 1.82) is 0 Å². The van der Waals surface area contributed by atoms with Crippen LogP contribution in [0.3, 0.4) is 0 Å². The van der Waals surface area contributed by atoms with Gasteiger partial charge in [0.2, 0.25) is 0 Å². The number of para-hydroxylation sites is 1. The van der Waals surface area contributed by atoms with Crippen LogP contribution in [0.2, 0.25) is 5.02 Å². The molecule has 0 atom stereocenters. The fourth-order valence-electron chi connectivity index (χ4n) is 5.71. The van der Waals surface area contributed by atoms with Crippen LogP contribution in [0.25, 0.3) is 0 Å². The van der Waals surface area contributed by atoms with Crippen molar-refractivity contribution >= 4 is 40.6 Å². The highest BCUT2D eigenvalue weighted by molar-refractivity contribution is 6.31. The molecule has 2 aromatic rings. The van der Waals surface area contributed by atoms with Gasteiger partial charge in [0.15, 0.2) is 0 Å². The number of halogens is 1. The minimum Gasteiger partial charge on any atom is -0.449 e. The first-order valence-corrected chi connectivity index (χ1v) is 17.1. The van der Waals surface area contributed by atoms with Crippen LogP contribution in [-0.4, -0.2) is 61.6 Å². The van der Waals surface area contributed by atoms with E-state index in [9.17, 15) is 4.79 Å². The van der Waals surface area contributed by atoms with Gasteiger partial charge in [-0.15, -0.1) is 0 Å². The smallest absolute Gasteiger partial charge is 0.419 e. The molecule has 6 nitrogen and oxygen atoms in total. The molecule has 4 rings (SSSR count). The number of hydrogen-bond donors (Lipinski definition) is 0. The predicted octanol–water partition coefficient (Wildman–Crippen LogP) is 10.1. The van der Waals surface area contributed by atoms with Crippen molar-refractivity contribution in [1.82, 2.24) is 9.80 Å². The fourth-order valence-corrected chi connectivity index (χ4v) is 5.87. The van der Waals surface area contributed by atoms with Gasteiger partial charge in [0.05, 0.1) is 23.7 Å². The molecule has 0 radical (unpaired) electrons. The standard InChI is InChI=1S/C37H51ClN4O2/c1-3-4-5-6-7-8-9-10-11-12-13-14-15-16-17-20-29-44-37(43)42-34-22-19-18-21-32(34)36(41-27-25-40(2)26-28-41)39-33-30-31(38)23-24-35(33)42/h7-8,10-11,18-19,21-24,30H,3-6,9,12-17,20,25-29H2,1-2H3. The SMILES string of the molecule is CCCCCC=CCC=CCCCCCCCCOC(=O)N1c2ccc(Cl)cc2N=C(N2CCN(C)CC2)c2ccccc21. The van der Waals surface area contributed by atoms with E-state index in [1.807, 2.05) is 42.5 Å². The monoisotopic (exact) mass is 618 g/mol. The maximum atomic E-state index is 13.6. The molecule has 1 saturated heterocycles. The molecule has 1 fully saturated rings. The van der Waals surface area contributed by atoms with Crippen LogP contribution in [0.1, 0.15) is 89.5 Å². The molecule has 0 bridgehead atoms. The Kier molecular flexibility index (Phi) is 14.3. The molecule has 0 N–H and O–H groups in total. The normalized spacial score (nSPS) is 15.4. The van der Waals surface area contributed by atoms with Crippen molar-refractivity contribution in [2.45, 2.75) is 84.0 Å². The lowest BCUT2D eigenvalue weighted by atomic mass is 10.1. The number of benzene rings is 2. The Labute approximate surface area is 270 Å². The number of piperazine rings is 1. The van der Waals surface area contributed by atoms with Crippen LogP contribution < -0.4 is 4.90 Å². The molecular formula is C37H51ClN4O2. The number of unbranched alkanes of at least 4 members (excludes halogenated alkanes) is 9. The second kappa shape index (κ2) is 18.7. The van der Waals surface area contributed by atoms with Crippen LogP contribution in [0.4, 0.5) is 21.9 Å². The number of amides is 1. The molecule has 238 valence electrons. The van der Waals surface area contributed by atoms with Crippen molar-refractivity contribution in [2.75, 3.05) is 44.7 Å². The van der Waals surface area contributed by atoms with Crippen molar-refractivity contribution in [3.05, 3.63) is 77.4 Å². The maximum absolute atomic E-state index is 13.6. The third kappa shape index (κ3) is 10.2. The molecule has 7 heteroatoms. The molecular weight excluding hydrogens is 568 g/mol. The first-order valence-electron chi connectivity index (χ1n) is 16.8. The minimum absolute atomic E-state index is 0.376. The molecule has 0 spiro atoms. The summed E-state index contributed by atoms with van der Waals surface area (Å²) in [5.41, 5.74) is 3.07. The molecule has 0 aliphatic carbocycles. The van der Waals surface area contributed by atoms with E-state index in [0.717, 1.165) is 75.4 Å². The van der Waals surface area contributed by atoms with Gasteiger partial charge in [-0.25, -0.2) is 14.7 Å². The van der Waals surface area contributed by atoms with Crippen LogP contribution in [0.15, 0.2) is 71.8 Å². The van der Waals surface area contributed by atoms with E-state index in [1.54, 1.807) is 4.90 Å². The van der Waals surface area contributed by atoms with Crippen LogP contribution >= 0.6 is 11.6 Å². The van der Waals surface area contributed by atoms with Crippen LogP contribution in [-0.2, 0) is 4.74 Å². The molecule has 1 amide bonds. The third-order valence-electron chi connectivity index (χ3n) is 8.35. The Bertz CT molecular complexity index is 1270. The predicted molar refractivity (Wildman–Crippen MR) is 186 cm³/mol. The zero-order valence-electron chi connectivity index (χ0n) is 26.9. The van der Waals surface area contributed by atoms with Gasteiger partial charge < -0.3 is 14.5 Å². The third-order valence-corrected chi connectivity index (χ3v) is 8.58. The number of allylic oxidation sites excluding steroid dienone is 4.